The van der Waals surface area contributed by atoms with Gasteiger partial charge in [0.05, 0.1) is 0 Å². The first-order chi connectivity index (χ1) is 8.54. The number of alkyl halides is 3. The number of benzene rings is 1. The Morgan fingerprint density at radius 2 is 1.89 bits per heavy atom. The highest BCUT2D eigenvalue weighted by atomic mass is 19.4. The summed E-state index contributed by atoms with van der Waals surface area (Å²) in [5.41, 5.74) is 4.00. The van der Waals surface area contributed by atoms with Crippen molar-refractivity contribution in [2.24, 2.45) is 0 Å². The lowest BCUT2D eigenvalue weighted by atomic mass is 10.1. The van der Waals surface area contributed by atoms with E-state index in [1.54, 1.807) is 0 Å². The average Bonchev–Trinajstić information content (AvgIpc) is 2.74. The predicted molar refractivity (Wildman–Crippen MR) is 65.5 cm³/mol. The lowest BCUT2D eigenvalue weighted by Gasteiger charge is -2.08. The van der Waals surface area contributed by atoms with Crippen LogP contribution in [0, 0.1) is 0 Å². The maximum Gasteiger partial charge on any atom is 0.389 e. The van der Waals surface area contributed by atoms with Crippen molar-refractivity contribution in [3.8, 4) is 0 Å². The molecule has 4 heteroatoms. The van der Waals surface area contributed by atoms with E-state index in [2.05, 4.69) is 23.5 Å². The van der Waals surface area contributed by atoms with Crippen molar-refractivity contribution in [2.45, 2.75) is 44.8 Å². The van der Waals surface area contributed by atoms with Crippen molar-refractivity contribution in [1.82, 2.24) is 5.32 Å². The zero-order valence-corrected chi connectivity index (χ0v) is 10.3. The molecule has 1 N–H and O–H groups in total. The Bertz CT molecular complexity index is 399. The molecule has 0 aromatic heterocycles. The Labute approximate surface area is 105 Å². The van der Waals surface area contributed by atoms with Crippen LogP contribution in [0.3, 0.4) is 0 Å². The maximum atomic E-state index is 11.9. The van der Waals surface area contributed by atoms with Gasteiger partial charge in [0.15, 0.2) is 0 Å². The van der Waals surface area contributed by atoms with E-state index in [4.69, 9.17) is 0 Å². The van der Waals surface area contributed by atoms with Crippen LogP contribution in [-0.2, 0) is 19.4 Å². The van der Waals surface area contributed by atoms with Crippen LogP contribution in [0.5, 0.6) is 0 Å². The summed E-state index contributed by atoms with van der Waals surface area (Å²) in [6, 6.07) is 6.40. The molecule has 2 rings (SSSR count). The van der Waals surface area contributed by atoms with Gasteiger partial charge in [-0.1, -0.05) is 18.2 Å². The third-order valence-electron chi connectivity index (χ3n) is 3.31. The third kappa shape index (κ3) is 4.02. The number of halogens is 3. The second kappa shape index (κ2) is 5.74. The number of hydrogen-bond donors (Lipinski definition) is 1. The smallest absolute Gasteiger partial charge is 0.313 e. The monoisotopic (exact) mass is 257 g/mol. The zero-order valence-electron chi connectivity index (χ0n) is 10.3. The quantitative estimate of drug-likeness (QED) is 0.795. The Morgan fingerprint density at radius 3 is 2.67 bits per heavy atom. The van der Waals surface area contributed by atoms with E-state index < -0.39 is 12.6 Å². The summed E-state index contributed by atoms with van der Waals surface area (Å²) in [5.74, 6) is 0. The molecule has 0 atom stereocenters. The average molecular weight is 257 g/mol. The van der Waals surface area contributed by atoms with E-state index in [1.165, 1.54) is 23.1 Å². The molecule has 0 saturated heterocycles. The largest absolute Gasteiger partial charge is 0.389 e. The van der Waals surface area contributed by atoms with E-state index in [1.807, 2.05) is 0 Å². The second-order valence-electron chi connectivity index (χ2n) is 4.85. The minimum Gasteiger partial charge on any atom is -0.313 e. The van der Waals surface area contributed by atoms with Gasteiger partial charge >= 0.3 is 6.18 Å². The van der Waals surface area contributed by atoms with Crippen LogP contribution in [-0.4, -0.2) is 12.7 Å². The Morgan fingerprint density at radius 1 is 1.11 bits per heavy atom. The van der Waals surface area contributed by atoms with Crippen LogP contribution < -0.4 is 5.32 Å². The molecule has 0 unspecified atom stereocenters. The van der Waals surface area contributed by atoms with Gasteiger partial charge in [0, 0.05) is 13.0 Å². The summed E-state index contributed by atoms with van der Waals surface area (Å²) in [6.45, 7) is 1.07. The summed E-state index contributed by atoms with van der Waals surface area (Å²) in [4.78, 5) is 0. The van der Waals surface area contributed by atoms with Gasteiger partial charge in [-0.25, -0.2) is 0 Å². The number of rotatable bonds is 5. The Kier molecular flexibility index (Phi) is 4.27. The topological polar surface area (TPSA) is 12.0 Å². The first-order valence-corrected chi connectivity index (χ1v) is 6.43. The fourth-order valence-electron chi connectivity index (χ4n) is 2.38. The molecular formula is C14H18F3N. The van der Waals surface area contributed by atoms with Crippen molar-refractivity contribution in [1.29, 1.82) is 0 Å². The van der Waals surface area contributed by atoms with Crippen molar-refractivity contribution in [3.63, 3.8) is 0 Å². The summed E-state index contributed by atoms with van der Waals surface area (Å²) >= 11 is 0. The third-order valence-corrected chi connectivity index (χ3v) is 3.31. The van der Waals surface area contributed by atoms with Crippen LogP contribution >= 0.6 is 0 Å². The number of aryl methyl sites for hydroxylation is 2. The molecule has 1 aromatic rings. The highest BCUT2D eigenvalue weighted by Crippen LogP contribution is 2.23. The van der Waals surface area contributed by atoms with Gasteiger partial charge in [0.25, 0.3) is 0 Å². The molecule has 0 aliphatic heterocycles. The molecule has 0 heterocycles. The minimum atomic E-state index is -4.03. The zero-order chi connectivity index (χ0) is 13.0. The predicted octanol–water partition coefficient (Wildman–Crippen LogP) is 3.61. The molecule has 0 saturated carbocycles. The van der Waals surface area contributed by atoms with Crippen LogP contribution in [0.4, 0.5) is 13.2 Å². The maximum absolute atomic E-state index is 11.9. The molecule has 1 nitrogen and oxygen atoms in total. The number of hydrogen-bond acceptors (Lipinski definition) is 1. The summed E-state index contributed by atoms with van der Waals surface area (Å²) in [6.07, 6.45) is -1.07. The lowest BCUT2D eigenvalue weighted by Crippen LogP contribution is -2.17. The van der Waals surface area contributed by atoms with Crippen molar-refractivity contribution in [2.75, 3.05) is 6.54 Å². The normalized spacial score (nSPS) is 14.8. The minimum absolute atomic E-state index is 0.147. The van der Waals surface area contributed by atoms with Crippen LogP contribution in [0.25, 0.3) is 0 Å². The first kappa shape index (κ1) is 13.4. The van der Waals surface area contributed by atoms with Crippen molar-refractivity contribution in [3.05, 3.63) is 34.9 Å². The summed E-state index contributed by atoms with van der Waals surface area (Å²) in [5, 5.41) is 3.07. The van der Waals surface area contributed by atoms with Gasteiger partial charge in [-0.05, 0) is 48.9 Å². The highest BCUT2D eigenvalue weighted by Gasteiger charge is 2.25. The molecule has 0 spiro atoms. The van der Waals surface area contributed by atoms with Gasteiger partial charge in [-0.2, -0.15) is 13.2 Å². The van der Waals surface area contributed by atoms with E-state index >= 15 is 0 Å². The molecule has 0 amide bonds. The molecule has 1 aliphatic rings. The summed E-state index contributed by atoms with van der Waals surface area (Å²) < 4.78 is 35.8. The summed E-state index contributed by atoms with van der Waals surface area (Å²) in [7, 11) is 0. The molecule has 1 aromatic carbocycles. The Balaban J connectivity index is 1.71. The Hall–Kier alpha value is -1.03. The van der Waals surface area contributed by atoms with Gasteiger partial charge in [-0.15, -0.1) is 0 Å². The molecule has 100 valence electrons. The highest BCUT2D eigenvalue weighted by molar-refractivity contribution is 5.35. The number of nitrogens with one attached hydrogen (secondary N) is 1. The number of fused-ring (bicyclic) bond motifs is 1. The second-order valence-corrected chi connectivity index (χ2v) is 4.85. The van der Waals surface area contributed by atoms with E-state index in [0.29, 0.717) is 13.1 Å². The first-order valence-electron chi connectivity index (χ1n) is 6.43. The fraction of sp³-hybridized carbons (Fsp3) is 0.571. The molecule has 18 heavy (non-hydrogen) atoms. The molecule has 0 fully saturated rings. The van der Waals surface area contributed by atoms with Crippen LogP contribution in [0.2, 0.25) is 0 Å². The fourth-order valence-corrected chi connectivity index (χ4v) is 2.38. The van der Waals surface area contributed by atoms with Gasteiger partial charge < -0.3 is 5.32 Å². The van der Waals surface area contributed by atoms with Gasteiger partial charge in [0.1, 0.15) is 0 Å². The van der Waals surface area contributed by atoms with Gasteiger partial charge in [-0.3, -0.25) is 0 Å². The molecule has 0 radical (unpaired) electrons. The standard InChI is InChI=1S/C14H18F3N/c15-14(16,17)7-2-8-18-10-11-5-6-12-3-1-4-13(12)9-11/h5-6,9,18H,1-4,7-8,10H2. The van der Waals surface area contributed by atoms with E-state index in [9.17, 15) is 13.2 Å². The SMILES string of the molecule is FC(F)(F)CCCNCc1ccc2c(c1)CCC2. The van der Waals surface area contributed by atoms with E-state index in [-0.39, 0.29) is 6.42 Å². The molecular weight excluding hydrogens is 239 g/mol. The van der Waals surface area contributed by atoms with Gasteiger partial charge in [0.2, 0.25) is 0 Å². The van der Waals surface area contributed by atoms with Crippen LogP contribution in [0.1, 0.15) is 36.0 Å². The molecule has 1 aliphatic carbocycles. The van der Waals surface area contributed by atoms with Crippen molar-refractivity contribution >= 4 is 0 Å². The van der Waals surface area contributed by atoms with Crippen molar-refractivity contribution < 1.29 is 13.2 Å². The van der Waals surface area contributed by atoms with E-state index in [0.717, 1.165) is 12.8 Å². The molecule has 0 bridgehead atoms. The van der Waals surface area contributed by atoms with Crippen LogP contribution in [0.15, 0.2) is 18.2 Å². The lowest BCUT2D eigenvalue weighted by molar-refractivity contribution is -0.135.